The molecule has 0 aliphatic heterocycles. The van der Waals surface area contributed by atoms with Gasteiger partial charge in [-0.3, -0.25) is 0 Å². The van der Waals surface area contributed by atoms with Crippen LogP contribution in [-0.2, 0) is 25.6 Å². The van der Waals surface area contributed by atoms with Crippen molar-refractivity contribution in [2.24, 2.45) is 0 Å². The van der Waals surface area contributed by atoms with Crippen LogP contribution in [0.25, 0.3) is 0 Å². The van der Waals surface area contributed by atoms with E-state index in [1.54, 1.807) is 0 Å². The molecule has 1 aromatic carbocycles. The number of esters is 1. The van der Waals surface area contributed by atoms with Crippen LogP contribution < -0.4 is 5.32 Å². The fraction of sp³-hybridized carbons (Fsp3) is 0.467. The third-order valence-corrected chi connectivity index (χ3v) is 3.01. The molecule has 1 unspecified atom stereocenters. The van der Waals surface area contributed by atoms with Crippen molar-refractivity contribution in [2.75, 3.05) is 13.7 Å². The Bertz CT molecular complexity index is 472. The van der Waals surface area contributed by atoms with Crippen molar-refractivity contribution in [3.63, 3.8) is 0 Å². The Morgan fingerprint density at radius 3 is 2.62 bits per heavy atom. The Labute approximate surface area is 123 Å². The van der Waals surface area contributed by atoms with Crippen LogP contribution in [0.2, 0.25) is 0 Å². The monoisotopic (exact) mass is 293 g/mol. The molecule has 6 nitrogen and oxygen atoms in total. The van der Waals surface area contributed by atoms with Crippen molar-refractivity contribution in [2.45, 2.75) is 31.6 Å². The largest absolute Gasteiger partial charge is 0.467 e. The van der Waals surface area contributed by atoms with Crippen LogP contribution in [0.1, 0.15) is 18.4 Å². The molecule has 114 valence electrons. The number of carbonyl (C=O) groups excluding carboxylic acids is 2. The molecule has 1 fully saturated rings. The number of ether oxygens (including phenoxy) is 3. The number of hydrogen-bond acceptors (Lipinski definition) is 5. The lowest BCUT2D eigenvalue weighted by Gasteiger charge is -2.16. The normalized spacial score (nSPS) is 15.1. The first kappa shape index (κ1) is 15.3. The summed E-state index contributed by atoms with van der Waals surface area (Å²) in [5.41, 5.74) is 0.872. The van der Waals surface area contributed by atoms with Gasteiger partial charge in [0.2, 0.25) is 0 Å². The minimum Gasteiger partial charge on any atom is -0.467 e. The molecule has 0 heterocycles. The summed E-state index contributed by atoms with van der Waals surface area (Å²) >= 11 is 0. The van der Waals surface area contributed by atoms with Crippen LogP contribution in [0.4, 0.5) is 4.79 Å². The number of hydrogen-bond donors (Lipinski definition) is 1. The molecule has 0 aromatic heterocycles. The molecule has 1 atom stereocenters. The Morgan fingerprint density at radius 1 is 1.29 bits per heavy atom. The van der Waals surface area contributed by atoms with Gasteiger partial charge in [0, 0.05) is 0 Å². The number of carbonyl (C=O) groups is 2. The minimum atomic E-state index is -0.848. The zero-order valence-corrected chi connectivity index (χ0v) is 11.9. The van der Waals surface area contributed by atoms with E-state index in [9.17, 15) is 9.59 Å². The van der Waals surface area contributed by atoms with Gasteiger partial charge < -0.3 is 19.5 Å². The summed E-state index contributed by atoms with van der Waals surface area (Å²) in [7, 11) is 1.27. The molecular formula is C15H19NO5. The van der Waals surface area contributed by atoms with Crippen molar-refractivity contribution in [3.05, 3.63) is 35.9 Å². The van der Waals surface area contributed by atoms with Gasteiger partial charge in [-0.1, -0.05) is 30.3 Å². The maximum atomic E-state index is 11.7. The zero-order chi connectivity index (χ0) is 15.1. The highest BCUT2D eigenvalue weighted by Crippen LogP contribution is 2.23. The second-order valence-electron chi connectivity index (χ2n) is 4.81. The molecule has 0 spiro atoms. The molecule has 1 aliphatic rings. The first-order valence-electron chi connectivity index (χ1n) is 6.85. The van der Waals surface area contributed by atoms with E-state index in [-0.39, 0.29) is 19.3 Å². The van der Waals surface area contributed by atoms with E-state index in [1.165, 1.54) is 7.11 Å². The van der Waals surface area contributed by atoms with Gasteiger partial charge in [0.25, 0.3) is 0 Å². The number of rotatable bonds is 7. The van der Waals surface area contributed by atoms with E-state index >= 15 is 0 Å². The third kappa shape index (κ3) is 5.43. The number of amides is 1. The Hall–Kier alpha value is -2.08. The Kier molecular flexibility index (Phi) is 5.57. The van der Waals surface area contributed by atoms with Gasteiger partial charge in [-0.25, -0.2) is 9.59 Å². The molecular weight excluding hydrogens is 274 g/mol. The Balaban J connectivity index is 1.77. The van der Waals surface area contributed by atoms with E-state index in [0.29, 0.717) is 0 Å². The zero-order valence-electron chi connectivity index (χ0n) is 11.9. The van der Waals surface area contributed by atoms with E-state index < -0.39 is 18.1 Å². The number of benzene rings is 1. The van der Waals surface area contributed by atoms with Gasteiger partial charge in [-0.2, -0.15) is 0 Å². The van der Waals surface area contributed by atoms with Gasteiger partial charge in [0.05, 0.1) is 19.8 Å². The maximum absolute atomic E-state index is 11.7. The summed E-state index contributed by atoms with van der Waals surface area (Å²) in [6.45, 7) is 0.238. The molecule has 21 heavy (non-hydrogen) atoms. The van der Waals surface area contributed by atoms with E-state index in [1.807, 2.05) is 30.3 Å². The average Bonchev–Trinajstić information content (AvgIpc) is 3.34. The smallest absolute Gasteiger partial charge is 0.408 e. The molecule has 1 saturated carbocycles. The Morgan fingerprint density at radius 2 is 2.00 bits per heavy atom. The van der Waals surface area contributed by atoms with E-state index in [0.717, 1.165) is 18.4 Å². The molecule has 1 amide bonds. The van der Waals surface area contributed by atoms with Gasteiger partial charge in [0.1, 0.15) is 6.61 Å². The summed E-state index contributed by atoms with van der Waals surface area (Å²) in [5.74, 6) is -0.549. The molecule has 0 radical (unpaired) electrons. The van der Waals surface area contributed by atoms with Gasteiger partial charge in [-0.05, 0) is 18.4 Å². The maximum Gasteiger partial charge on any atom is 0.408 e. The highest BCUT2D eigenvalue weighted by molar-refractivity contribution is 5.81. The van der Waals surface area contributed by atoms with Crippen molar-refractivity contribution in [3.8, 4) is 0 Å². The second kappa shape index (κ2) is 7.64. The first-order chi connectivity index (χ1) is 10.2. The molecule has 2 rings (SSSR count). The average molecular weight is 293 g/mol. The number of methoxy groups -OCH3 is 1. The lowest BCUT2D eigenvalue weighted by Crippen LogP contribution is -2.45. The van der Waals surface area contributed by atoms with Crippen LogP contribution in [-0.4, -0.2) is 37.9 Å². The molecule has 0 saturated heterocycles. The number of alkyl carbamates (subject to hydrolysis) is 1. The summed E-state index contributed by atoms with van der Waals surface area (Å²) in [6.07, 6.45) is 1.51. The highest BCUT2D eigenvalue weighted by Gasteiger charge is 2.28. The molecule has 0 bridgehead atoms. The third-order valence-electron chi connectivity index (χ3n) is 3.01. The summed E-state index contributed by atoms with van der Waals surface area (Å²) in [4.78, 5) is 23.3. The van der Waals surface area contributed by atoms with Crippen molar-refractivity contribution in [1.82, 2.24) is 5.32 Å². The lowest BCUT2D eigenvalue weighted by atomic mass is 10.2. The molecule has 1 aliphatic carbocycles. The summed E-state index contributed by atoms with van der Waals surface area (Å²) in [6, 6.07) is 8.45. The summed E-state index contributed by atoms with van der Waals surface area (Å²) in [5, 5.41) is 2.46. The minimum absolute atomic E-state index is 0.0950. The summed E-state index contributed by atoms with van der Waals surface area (Å²) < 4.78 is 15.1. The van der Waals surface area contributed by atoms with Crippen molar-refractivity contribution < 1.29 is 23.8 Å². The highest BCUT2D eigenvalue weighted by atomic mass is 16.6. The van der Waals surface area contributed by atoms with Crippen LogP contribution in [0.15, 0.2) is 30.3 Å². The lowest BCUT2D eigenvalue weighted by molar-refractivity contribution is -0.144. The van der Waals surface area contributed by atoms with Gasteiger partial charge in [-0.15, -0.1) is 0 Å². The van der Waals surface area contributed by atoms with Crippen LogP contribution in [0.3, 0.4) is 0 Å². The van der Waals surface area contributed by atoms with Crippen LogP contribution in [0.5, 0.6) is 0 Å². The predicted molar refractivity (Wildman–Crippen MR) is 74.5 cm³/mol. The van der Waals surface area contributed by atoms with E-state index in [2.05, 4.69) is 10.1 Å². The molecule has 1 aromatic rings. The molecule has 6 heteroatoms. The van der Waals surface area contributed by atoms with E-state index in [4.69, 9.17) is 9.47 Å². The van der Waals surface area contributed by atoms with Gasteiger partial charge >= 0.3 is 12.1 Å². The topological polar surface area (TPSA) is 73.9 Å². The van der Waals surface area contributed by atoms with Crippen LogP contribution >= 0.6 is 0 Å². The van der Waals surface area contributed by atoms with Crippen molar-refractivity contribution >= 4 is 12.1 Å². The number of nitrogens with one attached hydrogen (secondary N) is 1. The SMILES string of the molecule is COC(=O)C(COC1CC1)NC(=O)OCc1ccccc1. The first-order valence-corrected chi connectivity index (χ1v) is 6.85. The standard InChI is InChI=1S/C15H19NO5/c1-19-14(17)13(10-20-12-7-8-12)16-15(18)21-9-11-5-3-2-4-6-11/h2-6,12-13H,7-10H2,1H3,(H,16,18). The second-order valence-corrected chi connectivity index (χ2v) is 4.81. The fourth-order valence-electron chi connectivity index (χ4n) is 1.68. The predicted octanol–water partition coefficient (Wildman–Crippen LogP) is 1.63. The van der Waals surface area contributed by atoms with Gasteiger partial charge in [0.15, 0.2) is 6.04 Å². The van der Waals surface area contributed by atoms with Crippen LogP contribution in [0, 0.1) is 0 Å². The fourth-order valence-corrected chi connectivity index (χ4v) is 1.68. The van der Waals surface area contributed by atoms with Crippen molar-refractivity contribution in [1.29, 1.82) is 0 Å². The quantitative estimate of drug-likeness (QED) is 0.774. The molecule has 1 N–H and O–H groups in total.